The summed E-state index contributed by atoms with van der Waals surface area (Å²) in [6, 6.07) is 5.47. The number of phenols is 1. The molecule has 2 rings (SSSR count). The fraction of sp³-hybridized carbons (Fsp3) is 0.417. The van der Waals surface area contributed by atoms with Crippen molar-refractivity contribution < 1.29 is 9.90 Å². The minimum atomic E-state index is -0.00667. The third-order valence-corrected chi connectivity index (χ3v) is 2.87. The van der Waals surface area contributed by atoms with E-state index >= 15 is 0 Å². The molecule has 1 N–H and O–H groups in total. The van der Waals surface area contributed by atoms with Crippen LogP contribution in [0.15, 0.2) is 18.2 Å². The van der Waals surface area contributed by atoms with Gasteiger partial charge in [-0.05, 0) is 37.5 Å². The molecule has 0 saturated heterocycles. The summed E-state index contributed by atoms with van der Waals surface area (Å²) >= 11 is 0. The second kappa shape index (κ2) is 3.57. The average Bonchev–Trinajstić information content (AvgIpc) is 3.03. The number of phenolic OH excluding ortho intramolecular Hbond substituents is 1. The van der Waals surface area contributed by atoms with Crippen molar-refractivity contribution >= 4 is 5.91 Å². The summed E-state index contributed by atoms with van der Waals surface area (Å²) in [6.07, 6.45) is 2.19. The maximum Gasteiger partial charge on any atom is 0.253 e. The number of aromatic hydroxyl groups is 1. The van der Waals surface area contributed by atoms with E-state index in [2.05, 4.69) is 0 Å². The van der Waals surface area contributed by atoms with Crippen LogP contribution in [0, 0.1) is 6.92 Å². The Balaban J connectivity index is 2.21. The van der Waals surface area contributed by atoms with Gasteiger partial charge in [0.1, 0.15) is 5.75 Å². The number of nitrogens with zero attached hydrogens (tertiary/aromatic N) is 1. The summed E-state index contributed by atoms with van der Waals surface area (Å²) in [4.78, 5) is 13.7. The van der Waals surface area contributed by atoms with E-state index in [1.165, 1.54) is 6.07 Å². The van der Waals surface area contributed by atoms with Crippen LogP contribution in [-0.2, 0) is 0 Å². The third kappa shape index (κ3) is 1.96. The van der Waals surface area contributed by atoms with E-state index in [9.17, 15) is 9.90 Å². The van der Waals surface area contributed by atoms with Gasteiger partial charge >= 0.3 is 0 Å². The molecule has 3 nitrogen and oxygen atoms in total. The van der Waals surface area contributed by atoms with Gasteiger partial charge in [0.15, 0.2) is 0 Å². The SMILES string of the molecule is Cc1ccc(C(=O)N(C)C2CC2)cc1O. The van der Waals surface area contributed by atoms with Crippen molar-refractivity contribution in [2.75, 3.05) is 7.05 Å². The largest absolute Gasteiger partial charge is 0.508 e. The zero-order valence-electron chi connectivity index (χ0n) is 9.03. The summed E-state index contributed by atoms with van der Waals surface area (Å²) in [7, 11) is 1.82. The number of carbonyl (C=O) groups excluding carboxylic acids is 1. The Morgan fingerprint density at radius 1 is 1.47 bits per heavy atom. The van der Waals surface area contributed by atoms with Gasteiger partial charge < -0.3 is 10.0 Å². The van der Waals surface area contributed by atoms with Crippen LogP contribution in [0.5, 0.6) is 5.75 Å². The molecule has 0 aliphatic heterocycles. The van der Waals surface area contributed by atoms with Gasteiger partial charge in [0.2, 0.25) is 0 Å². The van der Waals surface area contributed by atoms with Crippen molar-refractivity contribution in [3.05, 3.63) is 29.3 Å². The number of aryl methyl sites for hydroxylation is 1. The van der Waals surface area contributed by atoms with Crippen LogP contribution in [0.1, 0.15) is 28.8 Å². The zero-order chi connectivity index (χ0) is 11.0. The van der Waals surface area contributed by atoms with E-state index in [-0.39, 0.29) is 11.7 Å². The number of carbonyl (C=O) groups is 1. The minimum absolute atomic E-state index is 0.00667. The molecule has 1 aliphatic carbocycles. The van der Waals surface area contributed by atoms with Crippen molar-refractivity contribution in [3.63, 3.8) is 0 Å². The number of rotatable bonds is 2. The average molecular weight is 205 g/mol. The van der Waals surface area contributed by atoms with E-state index in [1.54, 1.807) is 17.0 Å². The van der Waals surface area contributed by atoms with E-state index in [1.807, 2.05) is 14.0 Å². The smallest absolute Gasteiger partial charge is 0.253 e. The molecule has 0 atom stereocenters. The van der Waals surface area contributed by atoms with Crippen molar-refractivity contribution in [1.82, 2.24) is 4.90 Å². The normalized spacial score (nSPS) is 15.1. The van der Waals surface area contributed by atoms with E-state index < -0.39 is 0 Å². The van der Waals surface area contributed by atoms with Gasteiger partial charge in [-0.25, -0.2) is 0 Å². The lowest BCUT2D eigenvalue weighted by Gasteiger charge is -2.16. The quantitative estimate of drug-likeness (QED) is 0.801. The van der Waals surface area contributed by atoms with Crippen LogP contribution < -0.4 is 0 Å². The molecule has 0 bridgehead atoms. The highest BCUT2D eigenvalue weighted by Gasteiger charge is 2.30. The summed E-state index contributed by atoms with van der Waals surface area (Å²) in [5, 5.41) is 9.51. The van der Waals surface area contributed by atoms with Crippen molar-refractivity contribution in [2.24, 2.45) is 0 Å². The van der Waals surface area contributed by atoms with Crippen LogP contribution in [0.2, 0.25) is 0 Å². The number of amides is 1. The molecule has 80 valence electrons. The first-order chi connectivity index (χ1) is 7.09. The Hall–Kier alpha value is -1.51. The molecule has 0 aromatic heterocycles. The highest BCUT2D eigenvalue weighted by Crippen LogP contribution is 2.27. The van der Waals surface area contributed by atoms with Gasteiger partial charge in [-0.3, -0.25) is 4.79 Å². The second-order valence-electron chi connectivity index (χ2n) is 4.15. The minimum Gasteiger partial charge on any atom is -0.508 e. The maximum absolute atomic E-state index is 11.9. The van der Waals surface area contributed by atoms with Crippen molar-refractivity contribution in [3.8, 4) is 5.75 Å². The molecule has 3 heteroatoms. The van der Waals surface area contributed by atoms with Gasteiger partial charge in [-0.2, -0.15) is 0 Å². The molecule has 15 heavy (non-hydrogen) atoms. The van der Waals surface area contributed by atoms with Gasteiger partial charge in [0.25, 0.3) is 5.91 Å². The molecular weight excluding hydrogens is 190 g/mol. The molecular formula is C12H15NO2. The molecule has 0 unspecified atom stereocenters. The second-order valence-corrected chi connectivity index (χ2v) is 4.15. The van der Waals surface area contributed by atoms with Gasteiger partial charge in [0, 0.05) is 18.7 Å². The molecule has 1 aromatic rings. The monoisotopic (exact) mass is 205 g/mol. The van der Waals surface area contributed by atoms with Crippen LogP contribution in [0.4, 0.5) is 0 Å². The fourth-order valence-corrected chi connectivity index (χ4v) is 1.57. The Kier molecular flexibility index (Phi) is 2.39. The third-order valence-electron chi connectivity index (χ3n) is 2.87. The summed E-state index contributed by atoms with van der Waals surface area (Å²) < 4.78 is 0. The first-order valence-electron chi connectivity index (χ1n) is 5.16. The molecule has 0 radical (unpaired) electrons. The van der Waals surface area contributed by atoms with Crippen LogP contribution >= 0.6 is 0 Å². The van der Waals surface area contributed by atoms with Crippen LogP contribution in [-0.4, -0.2) is 29.0 Å². The highest BCUT2D eigenvalue weighted by atomic mass is 16.3. The lowest BCUT2D eigenvalue weighted by atomic mass is 10.1. The predicted molar refractivity (Wildman–Crippen MR) is 58.0 cm³/mol. The van der Waals surface area contributed by atoms with Crippen LogP contribution in [0.3, 0.4) is 0 Å². The molecule has 0 spiro atoms. The Morgan fingerprint density at radius 3 is 2.67 bits per heavy atom. The summed E-state index contributed by atoms with van der Waals surface area (Å²) in [6.45, 7) is 1.81. The number of benzene rings is 1. The molecule has 1 saturated carbocycles. The maximum atomic E-state index is 11.9. The van der Waals surface area contributed by atoms with Crippen molar-refractivity contribution in [2.45, 2.75) is 25.8 Å². The summed E-state index contributed by atoms with van der Waals surface area (Å²) in [5.41, 5.74) is 1.35. The van der Waals surface area contributed by atoms with Gasteiger partial charge in [-0.1, -0.05) is 6.07 Å². The Morgan fingerprint density at radius 2 is 2.13 bits per heavy atom. The first-order valence-corrected chi connectivity index (χ1v) is 5.16. The lowest BCUT2D eigenvalue weighted by molar-refractivity contribution is 0.0784. The predicted octanol–water partition coefficient (Wildman–Crippen LogP) is 1.94. The Labute approximate surface area is 89.3 Å². The van der Waals surface area contributed by atoms with Gasteiger partial charge in [0.05, 0.1) is 0 Å². The van der Waals surface area contributed by atoms with Crippen molar-refractivity contribution in [1.29, 1.82) is 0 Å². The van der Waals surface area contributed by atoms with Gasteiger partial charge in [-0.15, -0.1) is 0 Å². The highest BCUT2D eigenvalue weighted by molar-refractivity contribution is 5.94. The van der Waals surface area contributed by atoms with E-state index in [0.717, 1.165) is 18.4 Å². The molecule has 0 heterocycles. The van der Waals surface area contributed by atoms with Crippen LogP contribution in [0.25, 0.3) is 0 Å². The molecule has 1 aromatic carbocycles. The summed E-state index contributed by atoms with van der Waals surface area (Å²) in [5.74, 6) is 0.179. The lowest BCUT2D eigenvalue weighted by Crippen LogP contribution is -2.28. The Bertz CT molecular complexity index is 397. The molecule has 1 fully saturated rings. The molecule has 1 aliphatic rings. The number of hydrogen-bond donors (Lipinski definition) is 1. The zero-order valence-corrected chi connectivity index (χ0v) is 9.03. The van der Waals surface area contributed by atoms with E-state index in [4.69, 9.17) is 0 Å². The topological polar surface area (TPSA) is 40.5 Å². The van der Waals surface area contributed by atoms with E-state index in [0.29, 0.717) is 11.6 Å². The fourth-order valence-electron chi connectivity index (χ4n) is 1.57. The molecule has 1 amide bonds. The standard InChI is InChI=1S/C12H15NO2/c1-8-3-4-9(7-11(8)14)12(15)13(2)10-5-6-10/h3-4,7,10,14H,5-6H2,1-2H3. The number of hydrogen-bond acceptors (Lipinski definition) is 2. The first kappa shape index (κ1) is 10.0.